The van der Waals surface area contributed by atoms with Gasteiger partial charge in [0.15, 0.2) is 24.7 Å². The quantitative estimate of drug-likeness (QED) is 0.0571. The van der Waals surface area contributed by atoms with E-state index in [0.717, 1.165) is 51.6 Å². The van der Waals surface area contributed by atoms with Gasteiger partial charge in [0.25, 0.3) is 0 Å². The Hall–Kier alpha value is -1.95. The summed E-state index contributed by atoms with van der Waals surface area (Å²) in [6.07, 6.45) is -4.15. The Kier molecular flexibility index (Phi) is 16.4. The number of rotatable bonds is 13. The topological polar surface area (TPSA) is 254 Å². The summed E-state index contributed by atoms with van der Waals surface area (Å²) in [6, 6.07) is 0. The molecular weight excluding hydrogens is 923 g/mol. The van der Waals surface area contributed by atoms with Crippen LogP contribution in [0.3, 0.4) is 0 Å². The molecule has 1 spiro atoms. The summed E-state index contributed by atoms with van der Waals surface area (Å²) in [7, 11) is 0. The van der Waals surface area contributed by atoms with Crippen LogP contribution in [0, 0.1) is 46.3 Å². The molecule has 71 heavy (non-hydrogen) atoms. The lowest BCUT2D eigenvalue weighted by atomic mass is 9.47. The zero-order chi connectivity index (χ0) is 50.7. The summed E-state index contributed by atoms with van der Waals surface area (Å²) < 4.78 is 57.4. The van der Waals surface area contributed by atoms with Crippen LogP contribution >= 0.6 is 0 Å². The normalized spacial score (nSPS) is 52.0. The van der Waals surface area contributed by atoms with Crippen molar-refractivity contribution < 1.29 is 83.2 Å². The predicted molar refractivity (Wildman–Crippen MR) is 253 cm³/mol. The second kappa shape index (κ2) is 21.6. The van der Waals surface area contributed by atoms with E-state index < -0.39 is 97.9 Å². The Labute approximate surface area is 418 Å². The molecule has 18 heteroatoms. The second-order valence-corrected chi connectivity index (χ2v) is 23.1. The number of fused-ring (bicyclic) bond motifs is 7. The number of nitrogens with one attached hydrogen (secondary N) is 1. The third-order valence-electron chi connectivity index (χ3n) is 18.8. The molecule has 0 aromatic carbocycles. The van der Waals surface area contributed by atoms with Crippen LogP contribution in [0.4, 0.5) is 0 Å². The molecule has 0 aromatic heterocycles. The highest BCUT2D eigenvalue weighted by Crippen LogP contribution is 2.70. The first-order chi connectivity index (χ1) is 33.8. The van der Waals surface area contributed by atoms with Crippen LogP contribution < -0.4 is 5.32 Å². The largest absolute Gasteiger partial charge is 0.388 e. The molecule has 402 valence electrons. The number of ether oxygens (including phenoxy) is 9. The molecule has 0 radical (unpaired) electrons. The van der Waals surface area contributed by atoms with Gasteiger partial charge in [-0.05, 0) is 113 Å². The highest BCUT2D eigenvalue weighted by Gasteiger charge is 2.69. The molecule has 5 saturated heterocycles. The Balaban J connectivity index is 0.932. The van der Waals surface area contributed by atoms with E-state index in [2.05, 4.69) is 39.1 Å². The van der Waals surface area contributed by atoms with Gasteiger partial charge in [0.2, 0.25) is 5.91 Å². The van der Waals surface area contributed by atoms with E-state index in [1.165, 1.54) is 25.5 Å². The SMILES string of the molecule is C/C=C/C=C/C(=O)NCCOC[C@H]1O[C@@H](O[C@H]2CC[C@@]3(C)C(=CC[C@H]4[C@@H]5C[C@@H]6O[C@]7(CC[C@@H](C)CO7)[C@@H](C)[C@@H]6[C@@]5(C)CC[C@@H]43)C2)[C@H](O[C@@H]2O[C@@H](C)[C@H](O)[C@@H](O)[C@H]2O)[C@@H](O)[C@@H]1O[C@@H]1O[C@@H](C)[C@H](O)[C@@H](O)[C@H]1O. The molecule has 9 rings (SSSR count). The summed E-state index contributed by atoms with van der Waals surface area (Å²) in [5, 5.41) is 79.8. The first-order valence-corrected chi connectivity index (χ1v) is 26.7. The Morgan fingerprint density at radius 3 is 2.13 bits per heavy atom. The van der Waals surface area contributed by atoms with Gasteiger partial charge in [0, 0.05) is 25.0 Å². The number of carbonyl (C=O) groups excluding carboxylic acids is 1. The first kappa shape index (κ1) is 53.9. The van der Waals surface area contributed by atoms with Gasteiger partial charge < -0.3 is 83.7 Å². The van der Waals surface area contributed by atoms with E-state index in [9.17, 15) is 40.5 Å². The summed E-state index contributed by atoms with van der Waals surface area (Å²) in [5.41, 5.74) is 1.48. The molecular formula is C53H83NO17. The standard InChI is InChI=1S/C53H83NO17/c1-8-9-10-11-37(55)54-20-21-63-25-36-46(69-48-43(60)41(58)39(56)28(4)65-48)45(62)47(70-49-44(61)42(59)40(57)29(5)66-49)50(68-36)67-31-15-17-51(6)30(22-31)12-13-32-33(51)16-18-52(7)34(32)23-35-38(52)27(3)53(71-35)19-14-26(2)24-64-53/h8-12,26-29,31-36,38-50,56-62H,13-25H2,1-7H3,(H,54,55)/b9-8+,11-10+/t26-,27+,28+,29+,31+,32-,33+,34+,35+,36-,38+,39+,40+,41-,42-,43-,44-,45+,46-,47-,48+,49+,50-,51+,52+,53-/m1/s1. The summed E-state index contributed by atoms with van der Waals surface area (Å²) in [4.78, 5) is 12.3. The first-order valence-electron chi connectivity index (χ1n) is 26.7. The second-order valence-electron chi connectivity index (χ2n) is 23.1. The van der Waals surface area contributed by atoms with Crippen molar-refractivity contribution in [2.45, 2.75) is 216 Å². The smallest absolute Gasteiger partial charge is 0.244 e. The molecule has 0 aromatic rings. The fraction of sp³-hybridized carbons (Fsp3) is 0.868. The lowest BCUT2D eigenvalue weighted by Crippen LogP contribution is -2.66. The number of hydrogen-bond acceptors (Lipinski definition) is 17. The lowest BCUT2D eigenvalue weighted by Gasteiger charge is -2.59. The van der Waals surface area contributed by atoms with Crippen molar-refractivity contribution in [3.8, 4) is 0 Å². The zero-order valence-electron chi connectivity index (χ0n) is 42.6. The van der Waals surface area contributed by atoms with Gasteiger partial charge in [-0.1, -0.05) is 57.6 Å². The van der Waals surface area contributed by atoms with Crippen molar-refractivity contribution in [1.82, 2.24) is 5.32 Å². The minimum absolute atomic E-state index is 0.0431. The number of amides is 1. The van der Waals surface area contributed by atoms with Crippen molar-refractivity contribution in [2.24, 2.45) is 46.3 Å². The molecule has 0 unspecified atom stereocenters. The molecule has 8 fully saturated rings. The van der Waals surface area contributed by atoms with Crippen LogP contribution in [-0.2, 0) is 47.4 Å². The fourth-order valence-corrected chi connectivity index (χ4v) is 14.7. The van der Waals surface area contributed by atoms with E-state index in [0.29, 0.717) is 48.3 Å². The van der Waals surface area contributed by atoms with E-state index in [4.69, 9.17) is 42.6 Å². The van der Waals surface area contributed by atoms with Gasteiger partial charge in [0.1, 0.15) is 61.0 Å². The molecule has 0 bridgehead atoms. The fourth-order valence-electron chi connectivity index (χ4n) is 14.7. The number of aliphatic hydroxyl groups is 7. The van der Waals surface area contributed by atoms with Crippen LogP contribution in [-0.4, -0.2) is 178 Å². The molecule has 5 aliphatic heterocycles. The molecule has 26 atom stereocenters. The van der Waals surface area contributed by atoms with Crippen LogP contribution in [0.1, 0.15) is 106 Å². The van der Waals surface area contributed by atoms with E-state index in [-0.39, 0.29) is 48.7 Å². The molecule has 3 saturated carbocycles. The summed E-state index contributed by atoms with van der Waals surface area (Å²) >= 11 is 0. The molecule has 9 aliphatic rings. The van der Waals surface area contributed by atoms with Crippen LogP contribution in [0.2, 0.25) is 0 Å². The maximum absolute atomic E-state index is 12.4. The van der Waals surface area contributed by atoms with Crippen LogP contribution in [0.25, 0.3) is 0 Å². The molecule has 4 aliphatic carbocycles. The van der Waals surface area contributed by atoms with Crippen LogP contribution in [0.15, 0.2) is 36.0 Å². The van der Waals surface area contributed by atoms with Gasteiger partial charge in [-0.15, -0.1) is 0 Å². The number of carbonyl (C=O) groups is 1. The average Bonchev–Trinajstić information content (AvgIpc) is 3.79. The van der Waals surface area contributed by atoms with E-state index in [1.807, 2.05) is 6.92 Å². The van der Waals surface area contributed by atoms with Crippen molar-refractivity contribution in [2.75, 3.05) is 26.4 Å². The number of aliphatic hydroxyl groups excluding tert-OH is 7. The molecule has 8 N–H and O–H groups in total. The monoisotopic (exact) mass is 1010 g/mol. The third-order valence-corrected chi connectivity index (χ3v) is 18.8. The summed E-state index contributed by atoms with van der Waals surface area (Å²) in [5.74, 6) is 2.20. The van der Waals surface area contributed by atoms with Gasteiger partial charge >= 0.3 is 0 Å². The van der Waals surface area contributed by atoms with Crippen molar-refractivity contribution >= 4 is 5.91 Å². The number of allylic oxidation sites excluding steroid dienone is 4. The minimum atomic E-state index is -1.73. The minimum Gasteiger partial charge on any atom is -0.388 e. The maximum atomic E-state index is 12.4. The van der Waals surface area contributed by atoms with Crippen molar-refractivity contribution in [3.05, 3.63) is 36.0 Å². The van der Waals surface area contributed by atoms with E-state index >= 15 is 0 Å². The Bertz CT molecular complexity index is 1930. The van der Waals surface area contributed by atoms with Crippen molar-refractivity contribution in [1.29, 1.82) is 0 Å². The summed E-state index contributed by atoms with van der Waals surface area (Å²) in [6.45, 7) is 15.2. The zero-order valence-corrected chi connectivity index (χ0v) is 42.6. The van der Waals surface area contributed by atoms with Crippen molar-refractivity contribution in [3.63, 3.8) is 0 Å². The molecule has 1 amide bonds. The Morgan fingerprint density at radius 1 is 0.775 bits per heavy atom. The van der Waals surface area contributed by atoms with Gasteiger partial charge in [-0.2, -0.15) is 0 Å². The van der Waals surface area contributed by atoms with E-state index in [1.54, 1.807) is 18.2 Å². The third kappa shape index (κ3) is 10.1. The number of hydrogen-bond donors (Lipinski definition) is 8. The van der Waals surface area contributed by atoms with Gasteiger partial charge in [0.05, 0.1) is 44.2 Å². The Morgan fingerprint density at radius 2 is 1.46 bits per heavy atom. The van der Waals surface area contributed by atoms with Crippen LogP contribution in [0.5, 0.6) is 0 Å². The lowest BCUT2D eigenvalue weighted by molar-refractivity contribution is -0.389. The highest BCUT2D eigenvalue weighted by molar-refractivity contribution is 5.87. The highest BCUT2D eigenvalue weighted by atomic mass is 16.8. The molecule has 18 nitrogen and oxygen atoms in total. The maximum Gasteiger partial charge on any atom is 0.244 e. The average molecular weight is 1010 g/mol. The molecule has 5 heterocycles. The predicted octanol–water partition coefficient (Wildman–Crippen LogP) is 2.51. The van der Waals surface area contributed by atoms with Gasteiger partial charge in [-0.3, -0.25) is 4.79 Å². The van der Waals surface area contributed by atoms with Gasteiger partial charge in [-0.25, -0.2) is 0 Å².